The predicted octanol–water partition coefficient (Wildman–Crippen LogP) is 2.52. The van der Waals surface area contributed by atoms with Gasteiger partial charge in [-0.1, -0.05) is 12.1 Å². The van der Waals surface area contributed by atoms with Gasteiger partial charge in [-0.15, -0.1) is 0 Å². The summed E-state index contributed by atoms with van der Waals surface area (Å²) in [6, 6.07) is 7.54. The first-order valence-corrected chi connectivity index (χ1v) is 5.61. The van der Waals surface area contributed by atoms with Crippen LogP contribution in [-0.4, -0.2) is 23.2 Å². The monoisotopic (exact) mass is 261 g/mol. The Labute approximate surface area is 109 Å². The molecule has 1 heterocycles. The summed E-state index contributed by atoms with van der Waals surface area (Å²) in [4.78, 5) is 14.8. The van der Waals surface area contributed by atoms with Crippen LogP contribution in [0, 0.1) is 5.82 Å². The van der Waals surface area contributed by atoms with Crippen LogP contribution in [0.5, 0.6) is 5.88 Å². The lowest BCUT2D eigenvalue weighted by Crippen LogP contribution is -2.02. The molecule has 1 aromatic heterocycles. The Morgan fingerprint density at radius 2 is 2.05 bits per heavy atom. The molecular formula is C14H12FNO3. The minimum atomic E-state index is -0.933. The minimum absolute atomic E-state index is 0.120. The number of methoxy groups -OCH3 is 1. The van der Waals surface area contributed by atoms with Gasteiger partial charge >= 0.3 is 5.97 Å². The van der Waals surface area contributed by atoms with Crippen LogP contribution in [0.1, 0.15) is 5.56 Å². The van der Waals surface area contributed by atoms with Crippen LogP contribution >= 0.6 is 0 Å². The second-order valence-electron chi connectivity index (χ2n) is 3.98. The number of aliphatic carboxylic acids is 1. The summed E-state index contributed by atoms with van der Waals surface area (Å²) < 4.78 is 18.0. The fourth-order valence-corrected chi connectivity index (χ4v) is 1.77. The Kier molecular flexibility index (Phi) is 3.75. The van der Waals surface area contributed by atoms with Crippen molar-refractivity contribution < 1.29 is 19.0 Å². The Bertz CT molecular complexity index is 596. The van der Waals surface area contributed by atoms with Crippen molar-refractivity contribution in [2.75, 3.05) is 7.11 Å². The summed E-state index contributed by atoms with van der Waals surface area (Å²) >= 11 is 0. The van der Waals surface area contributed by atoms with E-state index in [9.17, 15) is 9.18 Å². The van der Waals surface area contributed by atoms with Gasteiger partial charge in [-0.2, -0.15) is 0 Å². The quantitative estimate of drug-likeness (QED) is 0.918. The number of hydrogen-bond donors (Lipinski definition) is 1. The molecule has 19 heavy (non-hydrogen) atoms. The molecule has 1 N–H and O–H groups in total. The number of halogens is 1. The minimum Gasteiger partial charge on any atom is -0.481 e. The number of benzene rings is 1. The van der Waals surface area contributed by atoms with Gasteiger partial charge in [0.1, 0.15) is 5.82 Å². The second-order valence-corrected chi connectivity index (χ2v) is 3.98. The molecule has 0 fully saturated rings. The Hall–Kier alpha value is -2.43. The lowest BCUT2D eigenvalue weighted by Gasteiger charge is -2.09. The summed E-state index contributed by atoms with van der Waals surface area (Å²) in [7, 11) is 1.48. The van der Waals surface area contributed by atoms with Crippen molar-refractivity contribution in [1.29, 1.82) is 0 Å². The molecule has 98 valence electrons. The molecule has 0 saturated heterocycles. The van der Waals surface area contributed by atoms with Gasteiger partial charge in [0, 0.05) is 11.8 Å². The van der Waals surface area contributed by atoms with Crippen LogP contribution in [0.25, 0.3) is 11.1 Å². The molecular weight excluding hydrogens is 249 g/mol. The van der Waals surface area contributed by atoms with Gasteiger partial charge in [0.15, 0.2) is 0 Å². The van der Waals surface area contributed by atoms with Gasteiger partial charge in [-0.3, -0.25) is 4.79 Å². The number of aromatic nitrogens is 1. The summed E-state index contributed by atoms with van der Waals surface area (Å²) in [6.45, 7) is 0. The van der Waals surface area contributed by atoms with Crippen LogP contribution in [0.4, 0.5) is 4.39 Å². The SMILES string of the molecule is COc1ncc(CC(=O)O)cc1-c1ccc(F)cc1. The van der Waals surface area contributed by atoms with Gasteiger partial charge in [-0.25, -0.2) is 9.37 Å². The van der Waals surface area contributed by atoms with E-state index in [1.54, 1.807) is 18.2 Å². The molecule has 0 unspecified atom stereocenters. The first-order chi connectivity index (χ1) is 9.10. The predicted molar refractivity (Wildman–Crippen MR) is 67.5 cm³/mol. The molecule has 0 aliphatic carbocycles. The third-order valence-electron chi connectivity index (χ3n) is 2.61. The highest BCUT2D eigenvalue weighted by Gasteiger charge is 2.10. The lowest BCUT2D eigenvalue weighted by atomic mass is 10.0. The van der Waals surface area contributed by atoms with Gasteiger partial charge < -0.3 is 9.84 Å². The van der Waals surface area contributed by atoms with Gasteiger partial charge in [0.2, 0.25) is 5.88 Å². The molecule has 1 aromatic carbocycles. The topological polar surface area (TPSA) is 59.4 Å². The van der Waals surface area contributed by atoms with E-state index in [4.69, 9.17) is 9.84 Å². The number of carbonyl (C=O) groups is 1. The first kappa shape index (κ1) is 13.0. The highest BCUT2D eigenvalue weighted by molar-refractivity contribution is 5.73. The highest BCUT2D eigenvalue weighted by atomic mass is 19.1. The van der Waals surface area contributed by atoms with Crippen LogP contribution in [-0.2, 0) is 11.2 Å². The smallest absolute Gasteiger partial charge is 0.307 e. The van der Waals surface area contributed by atoms with E-state index in [1.165, 1.54) is 25.4 Å². The molecule has 4 nitrogen and oxygen atoms in total. The van der Waals surface area contributed by atoms with Crippen molar-refractivity contribution in [2.45, 2.75) is 6.42 Å². The van der Waals surface area contributed by atoms with Crippen LogP contribution < -0.4 is 4.74 Å². The van der Waals surface area contributed by atoms with E-state index in [1.807, 2.05) is 0 Å². The van der Waals surface area contributed by atoms with E-state index >= 15 is 0 Å². The highest BCUT2D eigenvalue weighted by Crippen LogP contribution is 2.29. The fraction of sp³-hybridized carbons (Fsp3) is 0.143. The summed E-state index contributed by atoms with van der Waals surface area (Å²) in [5.41, 5.74) is 1.92. The zero-order valence-corrected chi connectivity index (χ0v) is 10.3. The summed E-state index contributed by atoms with van der Waals surface area (Å²) in [6.07, 6.45) is 1.34. The molecule has 0 aliphatic heterocycles. The Morgan fingerprint density at radius 3 is 2.63 bits per heavy atom. The second kappa shape index (κ2) is 5.48. The number of nitrogens with zero attached hydrogens (tertiary/aromatic N) is 1. The van der Waals surface area contributed by atoms with Crippen LogP contribution in [0.3, 0.4) is 0 Å². The van der Waals surface area contributed by atoms with Crippen molar-refractivity contribution in [3.8, 4) is 17.0 Å². The molecule has 0 aliphatic rings. The van der Waals surface area contributed by atoms with E-state index in [0.717, 1.165) is 5.56 Å². The molecule has 0 bridgehead atoms. The number of carboxylic acids is 1. The van der Waals surface area contributed by atoms with Crippen molar-refractivity contribution in [3.05, 3.63) is 47.9 Å². The van der Waals surface area contributed by atoms with Crippen molar-refractivity contribution in [3.63, 3.8) is 0 Å². The van der Waals surface area contributed by atoms with Crippen LogP contribution in [0.2, 0.25) is 0 Å². The van der Waals surface area contributed by atoms with E-state index in [0.29, 0.717) is 17.0 Å². The van der Waals surface area contributed by atoms with Crippen molar-refractivity contribution in [1.82, 2.24) is 4.98 Å². The van der Waals surface area contributed by atoms with Gasteiger partial charge in [-0.05, 0) is 29.3 Å². The number of carboxylic acid groups (broad SMARTS) is 1. The van der Waals surface area contributed by atoms with Crippen LogP contribution in [0.15, 0.2) is 36.5 Å². The zero-order valence-electron chi connectivity index (χ0n) is 10.3. The molecule has 0 saturated carbocycles. The Morgan fingerprint density at radius 1 is 1.37 bits per heavy atom. The maximum atomic E-state index is 12.9. The lowest BCUT2D eigenvalue weighted by molar-refractivity contribution is -0.136. The molecule has 2 aromatic rings. The van der Waals surface area contributed by atoms with E-state index in [2.05, 4.69) is 4.98 Å². The van der Waals surface area contributed by atoms with Crippen molar-refractivity contribution in [2.24, 2.45) is 0 Å². The molecule has 5 heteroatoms. The number of rotatable bonds is 4. The normalized spacial score (nSPS) is 10.2. The molecule has 0 amide bonds. The zero-order chi connectivity index (χ0) is 13.8. The summed E-state index contributed by atoms with van der Waals surface area (Å²) in [5.74, 6) is -0.893. The van der Waals surface area contributed by atoms with Gasteiger partial charge in [0.05, 0.1) is 13.5 Å². The molecule has 0 atom stereocenters. The molecule has 2 rings (SSSR count). The maximum absolute atomic E-state index is 12.9. The number of ether oxygens (including phenoxy) is 1. The number of pyridine rings is 1. The Balaban J connectivity index is 2.46. The maximum Gasteiger partial charge on any atom is 0.307 e. The average Bonchev–Trinajstić information content (AvgIpc) is 2.39. The fourth-order valence-electron chi connectivity index (χ4n) is 1.77. The standard InChI is InChI=1S/C14H12FNO3/c1-19-14-12(10-2-4-11(15)5-3-10)6-9(8-16-14)7-13(17)18/h2-6,8H,7H2,1H3,(H,17,18). The average molecular weight is 261 g/mol. The third kappa shape index (κ3) is 3.07. The largest absolute Gasteiger partial charge is 0.481 e. The summed E-state index contributed by atoms with van der Waals surface area (Å²) in [5, 5.41) is 8.78. The molecule has 0 spiro atoms. The third-order valence-corrected chi connectivity index (χ3v) is 2.61. The van der Waals surface area contributed by atoms with Gasteiger partial charge in [0.25, 0.3) is 0 Å². The number of hydrogen-bond acceptors (Lipinski definition) is 3. The molecule has 0 radical (unpaired) electrons. The van der Waals surface area contributed by atoms with Crippen molar-refractivity contribution >= 4 is 5.97 Å². The van der Waals surface area contributed by atoms with E-state index in [-0.39, 0.29) is 12.2 Å². The van der Waals surface area contributed by atoms with E-state index < -0.39 is 5.97 Å². The first-order valence-electron chi connectivity index (χ1n) is 5.61.